The topological polar surface area (TPSA) is 66.5 Å². The Morgan fingerprint density at radius 2 is 2.00 bits per heavy atom. The monoisotopic (exact) mass is 350 g/mol. The summed E-state index contributed by atoms with van der Waals surface area (Å²) in [5.74, 6) is 0.347. The van der Waals surface area contributed by atoms with E-state index in [2.05, 4.69) is 5.32 Å². The average molecular weight is 350 g/mol. The number of hydrogen-bond donors (Lipinski definition) is 1. The Morgan fingerprint density at radius 3 is 2.57 bits per heavy atom. The molecule has 1 aromatic heterocycles. The van der Waals surface area contributed by atoms with Crippen LogP contribution in [0.1, 0.15) is 16.1 Å². The molecule has 1 fully saturated rings. The van der Waals surface area contributed by atoms with Gasteiger partial charge in [0.1, 0.15) is 0 Å². The minimum Gasteiger partial charge on any atom is -0.371 e. The number of carbonyl (C=O) groups excluding carboxylic acids is 1. The van der Waals surface area contributed by atoms with Gasteiger partial charge in [-0.05, 0) is 42.1 Å². The summed E-state index contributed by atoms with van der Waals surface area (Å²) in [4.78, 5) is 14.7. The van der Waals surface area contributed by atoms with E-state index in [0.29, 0.717) is 11.3 Å². The van der Waals surface area contributed by atoms with Crippen LogP contribution in [-0.4, -0.2) is 38.9 Å². The van der Waals surface area contributed by atoms with E-state index >= 15 is 0 Å². The van der Waals surface area contributed by atoms with Gasteiger partial charge in [0.25, 0.3) is 5.91 Å². The number of anilines is 2. The third-order valence-corrected chi connectivity index (χ3v) is 6.65. The van der Waals surface area contributed by atoms with Crippen LogP contribution in [0, 0.1) is 0 Å². The third kappa shape index (κ3) is 3.73. The fourth-order valence-corrected chi connectivity index (χ4v) is 5.07. The highest BCUT2D eigenvalue weighted by molar-refractivity contribution is 7.91. The van der Waals surface area contributed by atoms with Crippen LogP contribution < -0.4 is 10.2 Å². The van der Waals surface area contributed by atoms with E-state index in [9.17, 15) is 13.2 Å². The molecule has 3 rings (SSSR count). The van der Waals surface area contributed by atoms with Crippen molar-refractivity contribution in [1.29, 1.82) is 0 Å². The first-order chi connectivity index (χ1) is 10.9. The molecule has 0 bridgehead atoms. The summed E-state index contributed by atoms with van der Waals surface area (Å²) < 4.78 is 23.2. The highest BCUT2D eigenvalue weighted by Crippen LogP contribution is 2.24. The fraction of sp³-hybridized carbons (Fsp3) is 0.312. The molecule has 1 aliphatic heterocycles. The molecule has 1 amide bonds. The lowest BCUT2D eigenvalue weighted by Gasteiger charge is -2.25. The fourth-order valence-electron chi connectivity index (χ4n) is 2.67. The zero-order chi connectivity index (χ0) is 16.4. The van der Waals surface area contributed by atoms with Gasteiger partial charge in [-0.1, -0.05) is 6.07 Å². The zero-order valence-electron chi connectivity index (χ0n) is 12.7. The van der Waals surface area contributed by atoms with Crippen LogP contribution in [0.5, 0.6) is 0 Å². The van der Waals surface area contributed by atoms with Crippen LogP contribution in [0.4, 0.5) is 11.4 Å². The van der Waals surface area contributed by atoms with Crippen LogP contribution >= 0.6 is 11.3 Å². The summed E-state index contributed by atoms with van der Waals surface area (Å²) in [6, 6.07) is 11.1. The summed E-state index contributed by atoms with van der Waals surface area (Å²) in [6.07, 6.45) is 0.662. The van der Waals surface area contributed by atoms with Gasteiger partial charge in [0.05, 0.1) is 16.4 Å². The Morgan fingerprint density at radius 1 is 1.26 bits per heavy atom. The molecule has 1 aromatic carbocycles. The molecule has 0 aliphatic carbocycles. The van der Waals surface area contributed by atoms with Crippen molar-refractivity contribution in [1.82, 2.24) is 0 Å². The van der Waals surface area contributed by atoms with Crippen molar-refractivity contribution < 1.29 is 13.2 Å². The Labute approximate surface area is 139 Å². The molecule has 0 spiro atoms. The molecular weight excluding hydrogens is 332 g/mol. The molecule has 0 radical (unpaired) electrons. The first-order valence-electron chi connectivity index (χ1n) is 7.33. The van der Waals surface area contributed by atoms with Crippen molar-refractivity contribution in [3.05, 3.63) is 46.7 Å². The number of benzene rings is 1. The lowest BCUT2D eigenvalue weighted by molar-refractivity contribution is 0.103. The van der Waals surface area contributed by atoms with E-state index in [0.717, 1.165) is 11.4 Å². The third-order valence-electron chi connectivity index (χ3n) is 4.03. The molecule has 1 saturated heterocycles. The summed E-state index contributed by atoms with van der Waals surface area (Å²) in [7, 11) is -0.988. The van der Waals surface area contributed by atoms with Gasteiger partial charge < -0.3 is 10.2 Å². The SMILES string of the molecule is CN(c1ccc(NC(=O)c2cccs2)cc1)C1CCS(=O)(=O)C1. The quantitative estimate of drug-likeness (QED) is 0.920. The van der Waals surface area contributed by atoms with Crippen molar-refractivity contribution in [3.8, 4) is 0 Å². The Kier molecular flexibility index (Phi) is 4.41. The maximum atomic E-state index is 12.0. The molecule has 23 heavy (non-hydrogen) atoms. The smallest absolute Gasteiger partial charge is 0.265 e. The molecule has 1 atom stereocenters. The highest BCUT2D eigenvalue weighted by atomic mass is 32.2. The molecule has 2 heterocycles. The van der Waals surface area contributed by atoms with Crippen LogP contribution in [0.25, 0.3) is 0 Å². The maximum absolute atomic E-state index is 12.0. The lowest BCUT2D eigenvalue weighted by atomic mass is 10.2. The number of nitrogens with one attached hydrogen (secondary N) is 1. The summed E-state index contributed by atoms with van der Waals surface area (Å²) in [5, 5.41) is 4.71. The van der Waals surface area contributed by atoms with Crippen molar-refractivity contribution in [3.63, 3.8) is 0 Å². The van der Waals surface area contributed by atoms with Crippen molar-refractivity contribution >= 4 is 38.5 Å². The number of hydrogen-bond acceptors (Lipinski definition) is 5. The lowest BCUT2D eigenvalue weighted by Crippen LogP contribution is -2.32. The van der Waals surface area contributed by atoms with Gasteiger partial charge in [0.15, 0.2) is 9.84 Å². The number of thiophene rings is 1. The maximum Gasteiger partial charge on any atom is 0.265 e. The summed E-state index contributed by atoms with van der Waals surface area (Å²) in [5.41, 5.74) is 1.67. The molecule has 2 aromatic rings. The standard InChI is InChI=1S/C16H18N2O3S2/c1-18(14-8-10-23(20,21)11-14)13-6-4-12(5-7-13)17-16(19)15-3-2-9-22-15/h2-7,9,14H,8,10-11H2,1H3,(H,17,19). The van der Waals surface area contributed by atoms with E-state index in [1.807, 2.05) is 47.7 Å². The molecule has 7 heteroatoms. The second-order valence-corrected chi connectivity index (χ2v) is 8.82. The largest absolute Gasteiger partial charge is 0.371 e. The van der Waals surface area contributed by atoms with Gasteiger partial charge in [0.2, 0.25) is 0 Å². The highest BCUT2D eigenvalue weighted by Gasteiger charge is 2.30. The number of nitrogens with zero attached hydrogens (tertiary/aromatic N) is 1. The van der Waals surface area contributed by atoms with Crippen molar-refractivity contribution in [2.45, 2.75) is 12.5 Å². The Balaban J connectivity index is 1.66. The molecule has 122 valence electrons. The predicted octanol–water partition coefficient (Wildman–Crippen LogP) is 2.62. The number of carbonyl (C=O) groups is 1. The van der Waals surface area contributed by atoms with Gasteiger partial charge in [-0.15, -0.1) is 11.3 Å². The van der Waals surface area contributed by atoms with Crippen molar-refractivity contribution in [2.24, 2.45) is 0 Å². The summed E-state index contributed by atoms with van der Waals surface area (Å²) >= 11 is 1.40. The van der Waals surface area contributed by atoms with Gasteiger partial charge in [-0.25, -0.2) is 8.42 Å². The molecule has 1 unspecified atom stereocenters. The second-order valence-electron chi connectivity index (χ2n) is 5.65. The molecule has 0 saturated carbocycles. The van der Waals surface area contributed by atoms with Crippen LogP contribution in [0.3, 0.4) is 0 Å². The Hall–Kier alpha value is -1.86. The number of rotatable bonds is 4. The Bertz CT molecular complexity index is 783. The van der Waals surface area contributed by atoms with E-state index in [4.69, 9.17) is 0 Å². The van der Waals surface area contributed by atoms with E-state index in [1.54, 1.807) is 6.07 Å². The minimum absolute atomic E-state index is 0.0200. The van der Waals surface area contributed by atoms with Gasteiger partial charge in [-0.3, -0.25) is 4.79 Å². The normalized spacial score (nSPS) is 19.4. The first kappa shape index (κ1) is 16.0. The number of sulfone groups is 1. The summed E-state index contributed by atoms with van der Waals surface area (Å²) in [6.45, 7) is 0. The second kappa shape index (κ2) is 6.33. The van der Waals surface area contributed by atoms with Crippen LogP contribution in [0.2, 0.25) is 0 Å². The van der Waals surface area contributed by atoms with Crippen LogP contribution in [-0.2, 0) is 9.84 Å². The van der Waals surface area contributed by atoms with E-state index < -0.39 is 9.84 Å². The van der Waals surface area contributed by atoms with Gasteiger partial charge in [-0.2, -0.15) is 0 Å². The van der Waals surface area contributed by atoms with E-state index in [1.165, 1.54) is 11.3 Å². The van der Waals surface area contributed by atoms with Crippen LogP contribution in [0.15, 0.2) is 41.8 Å². The molecular formula is C16H18N2O3S2. The minimum atomic E-state index is -2.90. The molecule has 5 nitrogen and oxygen atoms in total. The van der Waals surface area contributed by atoms with Gasteiger partial charge in [0, 0.05) is 24.5 Å². The van der Waals surface area contributed by atoms with E-state index in [-0.39, 0.29) is 23.5 Å². The first-order valence-corrected chi connectivity index (χ1v) is 10.0. The van der Waals surface area contributed by atoms with Gasteiger partial charge >= 0.3 is 0 Å². The van der Waals surface area contributed by atoms with Crippen molar-refractivity contribution in [2.75, 3.05) is 28.8 Å². The predicted molar refractivity (Wildman–Crippen MR) is 94.2 cm³/mol. The average Bonchev–Trinajstić information content (AvgIpc) is 3.17. The zero-order valence-corrected chi connectivity index (χ0v) is 14.4. The molecule has 1 aliphatic rings. The molecule has 1 N–H and O–H groups in total. The number of amides is 1.